The summed E-state index contributed by atoms with van der Waals surface area (Å²) in [4.78, 5) is 15.2. The molecule has 6 heteroatoms. The lowest BCUT2D eigenvalue weighted by Crippen LogP contribution is -2.45. The van der Waals surface area contributed by atoms with E-state index in [2.05, 4.69) is 5.32 Å². The molecule has 0 aliphatic carbocycles. The third-order valence-corrected chi connectivity index (χ3v) is 5.25. The Morgan fingerprint density at radius 3 is 2.54 bits per heavy atom. The number of carbonyl (C=O) groups excluding carboxylic acids is 1. The molecule has 1 atom stereocenters. The molecule has 146 valence electrons. The molecular weight excluding hydrogens is 372 g/mol. The minimum atomic E-state index is -0.374. The smallest absolute Gasteiger partial charge is 0.193 e. The number of hydrogen-bond donors (Lipinski definition) is 1. The number of nitrogens with one attached hydrogen (secondary N) is 1. The lowest BCUT2D eigenvalue weighted by molar-refractivity contribution is 0.102. The summed E-state index contributed by atoms with van der Waals surface area (Å²) < 4.78 is 11.1. The third-order valence-electron chi connectivity index (χ3n) is 4.86. The van der Waals surface area contributed by atoms with Gasteiger partial charge in [-0.3, -0.25) is 4.79 Å². The van der Waals surface area contributed by atoms with Crippen molar-refractivity contribution < 1.29 is 14.3 Å². The first-order valence-electron chi connectivity index (χ1n) is 9.13. The first-order chi connectivity index (χ1) is 13.5. The molecule has 0 radical (unpaired) electrons. The number of benzene rings is 2. The Balaban J connectivity index is 2.10. The van der Waals surface area contributed by atoms with Crippen LogP contribution >= 0.6 is 12.2 Å². The Labute approximate surface area is 170 Å². The zero-order valence-corrected chi connectivity index (χ0v) is 17.3. The molecule has 5 nitrogen and oxygen atoms in total. The van der Waals surface area contributed by atoms with Crippen LogP contribution in [0.3, 0.4) is 0 Å². The molecule has 2 aromatic rings. The van der Waals surface area contributed by atoms with Crippen LogP contribution in [0.2, 0.25) is 0 Å². The number of ketones is 1. The Morgan fingerprint density at radius 1 is 1.18 bits per heavy atom. The van der Waals surface area contributed by atoms with Crippen LogP contribution in [0.4, 0.5) is 0 Å². The van der Waals surface area contributed by atoms with Crippen molar-refractivity contribution in [2.24, 2.45) is 0 Å². The summed E-state index contributed by atoms with van der Waals surface area (Å²) in [5.41, 5.74) is 3.01. The molecule has 0 saturated carbocycles. The van der Waals surface area contributed by atoms with E-state index in [9.17, 15) is 4.79 Å². The minimum absolute atomic E-state index is 0.0298. The number of allylic oxidation sites excluding steroid dienone is 1. The highest BCUT2D eigenvalue weighted by atomic mass is 32.1. The van der Waals surface area contributed by atoms with E-state index < -0.39 is 0 Å². The van der Waals surface area contributed by atoms with E-state index in [1.807, 2.05) is 74.3 Å². The maximum absolute atomic E-state index is 13.3. The number of ether oxygens (including phenoxy) is 2. The number of rotatable bonds is 6. The van der Waals surface area contributed by atoms with Crippen LogP contribution in [-0.4, -0.2) is 36.6 Å². The zero-order valence-electron chi connectivity index (χ0n) is 16.5. The SMILES string of the molecule is CCOc1ccc(C2NC(=S)N(C)C(C)=C2C(=O)c2ccccc2)cc1OC. The first-order valence-corrected chi connectivity index (χ1v) is 9.54. The molecule has 0 spiro atoms. The Kier molecular flexibility index (Phi) is 5.99. The van der Waals surface area contributed by atoms with Crippen molar-refractivity contribution in [3.63, 3.8) is 0 Å². The van der Waals surface area contributed by atoms with E-state index >= 15 is 0 Å². The van der Waals surface area contributed by atoms with Gasteiger partial charge in [-0.05, 0) is 43.8 Å². The second-order valence-corrected chi connectivity index (χ2v) is 6.87. The summed E-state index contributed by atoms with van der Waals surface area (Å²) in [7, 11) is 3.46. The fourth-order valence-electron chi connectivity index (χ4n) is 3.26. The molecule has 3 rings (SSSR count). The molecule has 1 aliphatic rings. The van der Waals surface area contributed by atoms with Gasteiger partial charge in [0, 0.05) is 23.9 Å². The van der Waals surface area contributed by atoms with Gasteiger partial charge < -0.3 is 19.7 Å². The summed E-state index contributed by atoms with van der Waals surface area (Å²) >= 11 is 5.48. The van der Waals surface area contributed by atoms with Gasteiger partial charge in [-0.2, -0.15) is 0 Å². The average Bonchev–Trinajstić information content (AvgIpc) is 2.72. The molecule has 0 saturated heterocycles. The van der Waals surface area contributed by atoms with Gasteiger partial charge in [-0.25, -0.2) is 0 Å². The highest BCUT2D eigenvalue weighted by molar-refractivity contribution is 7.80. The maximum Gasteiger partial charge on any atom is 0.193 e. The van der Waals surface area contributed by atoms with Crippen LogP contribution in [0.1, 0.15) is 35.8 Å². The van der Waals surface area contributed by atoms with Crippen molar-refractivity contribution in [1.82, 2.24) is 10.2 Å². The molecule has 0 bridgehead atoms. The molecule has 28 heavy (non-hydrogen) atoms. The van der Waals surface area contributed by atoms with Crippen LogP contribution in [-0.2, 0) is 0 Å². The van der Waals surface area contributed by atoms with Crippen molar-refractivity contribution >= 4 is 23.1 Å². The molecule has 0 fully saturated rings. The van der Waals surface area contributed by atoms with E-state index in [0.29, 0.717) is 34.4 Å². The van der Waals surface area contributed by atoms with Crippen molar-refractivity contribution in [2.75, 3.05) is 20.8 Å². The molecule has 1 N–H and O–H groups in total. The van der Waals surface area contributed by atoms with Crippen molar-refractivity contribution in [3.05, 3.63) is 70.9 Å². The van der Waals surface area contributed by atoms with Crippen LogP contribution < -0.4 is 14.8 Å². The van der Waals surface area contributed by atoms with Gasteiger partial charge in [-0.15, -0.1) is 0 Å². The zero-order chi connectivity index (χ0) is 20.3. The molecule has 2 aromatic carbocycles. The van der Waals surface area contributed by atoms with Gasteiger partial charge in [0.15, 0.2) is 22.4 Å². The largest absolute Gasteiger partial charge is 0.493 e. The normalized spacial score (nSPS) is 16.6. The summed E-state index contributed by atoms with van der Waals surface area (Å²) in [6.07, 6.45) is 0. The van der Waals surface area contributed by atoms with E-state index in [4.69, 9.17) is 21.7 Å². The quantitative estimate of drug-likeness (QED) is 0.586. The molecular formula is C22H24N2O3S. The van der Waals surface area contributed by atoms with Crippen molar-refractivity contribution in [3.8, 4) is 11.5 Å². The van der Waals surface area contributed by atoms with E-state index in [0.717, 1.165) is 11.3 Å². The summed E-state index contributed by atoms with van der Waals surface area (Å²) in [6, 6.07) is 14.6. The highest BCUT2D eigenvalue weighted by Crippen LogP contribution is 2.36. The van der Waals surface area contributed by atoms with Crippen molar-refractivity contribution in [1.29, 1.82) is 0 Å². The number of hydrogen-bond acceptors (Lipinski definition) is 4. The van der Waals surface area contributed by atoms with Crippen LogP contribution in [0.15, 0.2) is 59.8 Å². The van der Waals surface area contributed by atoms with Gasteiger partial charge in [0.1, 0.15) is 0 Å². The first kappa shape index (κ1) is 19.9. The van der Waals surface area contributed by atoms with Crippen LogP contribution in [0, 0.1) is 0 Å². The maximum atomic E-state index is 13.3. The van der Waals surface area contributed by atoms with Gasteiger partial charge in [0.25, 0.3) is 0 Å². The second kappa shape index (κ2) is 8.44. The number of methoxy groups -OCH3 is 1. The van der Waals surface area contributed by atoms with Gasteiger partial charge >= 0.3 is 0 Å². The average molecular weight is 397 g/mol. The van der Waals surface area contributed by atoms with Crippen molar-refractivity contribution in [2.45, 2.75) is 19.9 Å². The lowest BCUT2D eigenvalue weighted by Gasteiger charge is -2.36. The highest BCUT2D eigenvalue weighted by Gasteiger charge is 2.33. The van der Waals surface area contributed by atoms with Crippen LogP contribution in [0.5, 0.6) is 11.5 Å². The Hall–Kier alpha value is -2.86. The fraction of sp³-hybridized carbons (Fsp3) is 0.273. The Morgan fingerprint density at radius 2 is 1.89 bits per heavy atom. The van der Waals surface area contributed by atoms with E-state index in [1.165, 1.54) is 0 Å². The summed E-state index contributed by atoms with van der Waals surface area (Å²) in [5, 5.41) is 3.87. The second-order valence-electron chi connectivity index (χ2n) is 6.48. The third kappa shape index (κ3) is 3.73. The molecule has 0 amide bonds. The fourth-order valence-corrected chi connectivity index (χ4v) is 3.52. The number of Topliss-reactive ketones (excluding diaryl/α,β-unsaturated/α-hetero) is 1. The van der Waals surface area contributed by atoms with Crippen LogP contribution in [0.25, 0.3) is 0 Å². The number of carbonyl (C=O) groups is 1. The van der Waals surface area contributed by atoms with E-state index in [1.54, 1.807) is 7.11 Å². The van der Waals surface area contributed by atoms with Gasteiger partial charge in [0.05, 0.1) is 19.8 Å². The van der Waals surface area contributed by atoms with E-state index in [-0.39, 0.29) is 11.8 Å². The predicted octanol–water partition coefficient (Wildman–Crippen LogP) is 4.11. The topological polar surface area (TPSA) is 50.8 Å². The number of thiocarbonyl (C=S) groups is 1. The predicted molar refractivity (Wildman–Crippen MR) is 114 cm³/mol. The molecule has 1 heterocycles. The minimum Gasteiger partial charge on any atom is -0.493 e. The van der Waals surface area contributed by atoms with Gasteiger partial charge in [0.2, 0.25) is 0 Å². The standard InChI is InChI=1S/C22H24N2O3S/c1-5-27-17-12-11-16(13-18(17)26-4)20-19(14(2)24(3)22(28)23-20)21(25)15-9-7-6-8-10-15/h6-13,20H,5H2,1-4H3,(H,23,28). The lowest BCUT2D eigenvalue weighted by atomic mass is 9.89. The summed E-state index contributed by atoms with van der Waals surface area (Å²) in [6.45, 7) is 4.39. The van der Waals surface area contributed by atoms with Gasteiger partial charge in [-0.1, -0.05) is 36.4 Å². The molecule has 1 aliphatic heterocycles. The monoisotopic (exact) mass is 396 g/mol. The molecule has 1 unspecified atom stereocenters. The molecule has 0 aromatic heterocycles. The number of nitrogens with zero attached hydrogens (tertiary/aromatic N) is 1. The summed E-state index contributed by atoms with van der Waals surface area (Å²) in [5.74, 6) is 1.26. The Bertz CT molecular complexity index is 925.